The summed E-state index contributed by atoms with van der Waals surface area (Å²) in [6, 6.07) is 0. The Hall–Kier alpha value is -2.05. The third kappa shape index (κ3) is 9.12. The minimum Gasteiger partial charge on any atom is -0.443 e. The first-order valence-electron chi connectivity index (χ1n) is 6.73. The molecule has 146 valence electrons. The minimum atomic E-state index is -5.91. The molecule has 0 fully saturated rings. The van der Waals surface area contributed by atoms with E-state index in [-0.39, 0.29) is 11.3 Å². The molecule has 0 saturated heterocycles. The van der Waals surface area contributed by atoms with Crippen molar-refractivity contribution in [2.75, 3.05) is 0 Å². The summed E-state index contributed by atoms with van der Waals surface area (Å²) in [6.07, 6.45) is -2.66. The van der Waals surface area contributed by atoms with E-state index in [9.17, 15) is 31.2 Å². The van der Waals surface area contributed by atoms with Crippen molar-refractivity contribution in [1.82, 2.24) is 10.4 Å². The van der Waals surface area contributed by atoms with Gasteiger partial charge in [0, 0.05) is 0 Å². The smallest absolute Gasteiger partial charge is 0.443 e. The van der Waals surface area contributed by atoms with Crippen molar-refractivity contribution in [2.45, 2.75) is 58.3 Å². The van der Waals surface area contributed by atoms with Crippen molar-refractivity contribution < 1.29 is 40.7 Å². The van der Waals surface area contributed by atoms with Crippen molar-refractivity contribution in [1.29, 1.82) is 0 Å². The first-order chi connectivity index (χ1) is 10.8. The van der Waals surface area contributed by atoms with Crippen LogP contribution in [0.4, 0.5) is 22.8 Å². The molecule has 0 atom stereocenters. The van der Waals surface area contributed by atoms with Gasteiger partial charge in [-0.3, -0.25) is 0 Å². The Kier molecular flexibility index (Phi) is 6.84. The van der Waals surface area contributed by atoms with Crippen LogP contribution in [0.3, 0.4) is 0 Å². The predicted molar refractivity (Wildman–Crippen MR) is 80.9 cm³/mol. The predicted octanol–water partition coefficient (Wildman–Crippen LogP) is 2.54. The van der Waals surface area contributed by atoms with Gasteiger partial charge in [0.05, 0.1) is 0 Å². The van der Waals surface area contributed by atoms with Gasteiger partial charge in [-0.1, -0.05) is 0 Å². The lowest BCUT2D eigenvalue weighted by Crippen LogP contribution is -2.49. The number of ether oxygens (including phenoxy) is 2. The third-order valence-corrected chi connectivity index (χ3v) is 2.75. The van der Waals surface area contributed by atoms with Gasteiger partial charge in [0.25, 0.3) is 0 Å². The van der Waals surface area contributed by atoms with Crippen molar-refractivity contribution in [3.63, 3.8) is 0 Å². The van der Waals surface area contributed by atoms with Crippen LogP contribution in [-0.4, -0.2) is 48.7 Å². The molecule has 9 nitrogen and oxygen atoms in total. The minimum absolute atomic E-state index is 0.0304. The van der Waals surface area contributed by atoms with Gasteiger partial charge < -0.3 is 9.47 Å². The molecule has 0 aliphatic carbocycles. The van der Waals surface area contributed by atoms with Crippen LogP contribution >= 0.6 is 0 Å². The summed E-state index contributed by atoms with van der Waals surface area (Å²) in [5.41, 5.74) is -6.00. The van der Waals surface area contributed by atoms with E-state index in [1.165, 1.54) is 41.5 Å². The van der Waals surface area contributed by atoms with Gasteiger partial charge in [-0.15, -0.1) is 4.40 Å². The first-order valence-corrected chi connectivity index (χ1v) is 8.17. The van der Waals surface area contributed by atoms with E-state index in [0.717, 1.165) is 0 Å². The Labute approximate surface area is 143 Å². The topological polar surface area (TPSA) is 114 Å². The number of hydrogen-bond donors (Lipinski definition) is 1. The summed E-state index contributed by atoms with van der Waals surface area (Å²) in [5.74, 6) is 0. The lowest BCUT2D eigenvalue weighted by Gasteiger charge is -2.26. The fraction of sp³-hybridized carbons (Fsp3) is 0.750. The number of sulfonamides is 1. The highest BCUT2D eigenvalue weighted by atomic mass is 32.2. The molecule has 0 aliphatic rings. The van der Waals surface area contributed by atoms with E-state index >= 15 is 0 Å². The number of rotatable bonds is 2. The van der Waals surface area contributed by atoms with Crippen molar-refractivity contribution >= 4 is 28.5 Å². The van der Waals surface area contributed by atoms with Crippen LogP contribution in [0.15, 0.2) is 4.40 Å². The lowest BCUT2D eigenvalue weighted by molar-refractivity contribution is -0.0435. The summed E-state index contributed by atoms with van der Waals surface area (Å²) in [6.45, 7) is 8.81. The van der Waals surface area contributed by atoms with Crippen LogP contribution in [0.2, 0.25) is 0 Å². The van der Waals surface area contributed by atoms with Gasteiger partial charge in [0.2, 0.25) is 0 Å². The Bertz CT molecular complexity index is 632. The number of nitrogens with zero attached hydrogens (tertiary/aromatic N) is 2. The number of amides is 2. The number of hydrazine groups is 1. The zero-order valence-corrected chi connectivity index (χ0v) is 15.3. The van der Waals surface area contributed by atoms with Gasteiger partial charge in [-0.05, 0) is 41.5 Å². The maximum absolute atomic E-state index is 12.3. The molecule has 0 aromatic carbocycles. The largest absolute Gasteiger partial charge is 0.518 e. The molecule has 13 heteroatoms. The average molecular weight is 391 g/mol. The zero-order chi connectivity index (χ0) is 20.3. The van der Waals surface area contributed by atoms with Crippen molar-refractivity contribution in [3.05, 3.63) is 0 Å². The van der Waals surface area contributed by atoms with Gasteiger partial charge in [-0.25, -0.2) is 15.0 Å². The third-order valence-electron chi connectivity index (χ3n) is 1.79. The standard InChI is InChI=1S/C12H20F3N3O6S/c1-10(2,3)23-8(19)17-18(9(20)24-11(4,5)6)7-16-25(21,22)12(13,14)15/h7H,1-6H3,(H,17,19). The number of halogens is 3. The molecular weight excluding hydrogens is 371 g/mol. The Morgan fingerprint density at radius 2 is 1.44 bits per heavy atom. The molecule has 0 bridgehead atoms. The molecule has 0 heterocycles. The summed E-state index contributed by atoms with van der Waals surface area (Å²) in [5, 5.41) is 0.0304. The molecule has 0 saturated carbocycles. The molecule has 0 spiro atoms. The summed E-state index contributed by atoms with van der Waals surface area (Å²) < 4.78 is 70.7. The highest BCUT2D eigenvalue weighted by molar-refractivity contribution is 7.91. The number of hydrogen-bond acceptors (Lipinski definition) is 6. The second kappa shape index (κ2) is 7.45. The van der Waals surface area contributed by atoms with E-state index in [2.05, 4.69) is 4.40 Å². The molecule has 1 N–H and O–H groups in total. The van der Waals surface area contributed by atoms with Crippen LogP contribution in [0.1, 0.15) is 41.5 Å². The first kappa shape index (κ1) is 22.9. The number of carbonyl (C=O) groups is 2. The summed E-state index contributed by atoms with van der Waals surface area (Å²) in [7, 11) is -5.91. The lowest BCUT2D eigenvalue weighted by atomic mass is 10.2. The van der Waals surface area contributed by atoms with E-state index in [4.69, 9.17) is 9.47 Å². The molecule has 0 aromatic heterocycles. The fourth-order valence-electron chi connectivity index (χ4n) is 1.00. The molecule has 2 amide bonds. The van der Waals surface area contributed by atoms with Crippen molar-refractivity contribution in [2.24, 2.45) is 4.40 Å². The van der Waals surface area contributed by atoms with Gasteiger partial charge in [-0.2, -0.15) is 26.6 Å². The Morgan fingerprint density at radius 1 is 1.00 bits per heavy atom. The van der Waals surface area contributed by atoms with Gasteiger partial charge >= 0.3 is 27.7 Å². The number of nitrogens with one attached hydrogen (secondary N) is 1. The number of carbonyl (C=O) groups excluding carboxylic acids is 2. The summed E-state index contributed by atoms with van der Waals surface area (Å²) >= 11 is 0. The van der Waals surface area contributed by atoms with E-state index < -0.39 is 38.9 Å². The van der Waals surface area contributed by atoms with Crippen molar-refractivity contribution in [3.8, 4) is 0 Å². The highest BCUT2D eigenvalue weighted by Crippen LogP contribution is 2.24. The molecule has 0 radical (unpaired) electrons. The molecule has 0 aromatic rings. The fourth-order valence-corrected chi connectivity index (χ4v) is 1.34. The molecule has 25 heavy (non-hydrogen) atoms. The molecule has 0 aliphatic heterocycles. The van der Waals surface area contributed by atoms with E-state index in [1.54, 1.807) is 5.43 Å². The maximum Gasteiger partial charge on any atom is 0.518 e. The monoisotopic (exact) mass is 391 g/mol. The molecule has 0 unspecified atom stereocenters. The second-order valence-electron chi connectivity index (χ2n) is 6.61. The number of alkyl halides is 3. The molecular formula is C12H20F3N3O6S. The normalized spacial score (nSPS) is 13.5. The molecule has 0 rings (SSSR count). The quantitative estimate of drug-likeness (QED) is 0.439. The van der Waals surface area contributed by atoms with Crippen LogP contribution < -0.4 is 5.43 Å². The Morgan fingerprint density at radius 3 is 1.80 bits per heavy atom. The van der Waals surface area contributed by atoms with Crippen LogP contribution in [0.5, 0.6) is 0 Å². The van der Waals surface area contributed by atoms with Crippen LogP contribution in [0, 0.1) is 0 Å². The zero-order valence-electron chi connectivity index (χ0n) is 14.5. The maximum atomic E-state index is 12.3. The van der Waals surface area contributed by atoms with Gasteiger partial charge in [0.15, 0.2) is 0 Å². The van der Waals surface area contributed by atoms with Gasteiger partial charge in [0.1, 0.15) is 17.5 Å². The SMILES string of the molecule is CC(C)(C)OC(=O)NN(C=NS(=O)(=O)C(F)(F)F)C(=O)OC(C)(C)C. The van der Waals surface area contributed by atoms with Crippen LogP contribution in [0.25, 0.3) is 0 Å². The second-order valence-corrected chi connectivity index (χ2v) is 8.23. The Balaban J connectivity index is 5.48. The summed E-state index contributed by atoms with van der Waals surface area (Å²) in [4.78, 5) is 23.5. The van der Waals surface area contributed by atoms with E-state index in [0.29, 0.717) is 0 Å². The van der Waals surface area contributed by atoms with Crippen LogP contribution in [-0.2, 0) is 19.5 Å². The van der Waals surface area contributed by atoms with E-state index in [1.807, 2.05) is 0 Å². The average Bonchev–Trinajstić information content (AvgIpc) is 2.28. The highest BCUT2D eigenvalue weighted by Gasteiger charge is 2.46.